The second-order valence-electron chi connectivity index (χ2n) is 8.92. The standard InChI is InChI=1S/C23H32ClN3O8S/c1-14(2)11-18(27-23(31)35-10-4-6-15-5-3-7-17(24)12-15)21(29)26-19(22(30)36(32,33)34)13-16-8-9-25-20(16)28/h3-7,12,14,16,18-19,22,30H,8-11,13H2,1-2H3,(H,25,28)(H,26,29)(H,27,31)(H,32,33,34)/b6-4+/t16-,18-,19-,22?/m0/s1. The first-order valence-electron chi connectivity index (χ1n) is 11.4. The Balaban J connectivity index is 2.03. The van der Waals surface area contributed by atoms with Gasteiger partial charge in [-0.1, -0.05) is 43.7 Å². The number of aliphatic hydroxyl groups excluding tert-OH is 1. The van der Waals surface area contributed by atoms with Crippen molar-refractivity contribution in [1.29, 1.82) is 0 Å². The monoisotopic (exact) mass is 545 g/mol. The zero-order chi connectivity index (χ0) is 26.9. The molecule has 11 nitrogen and oxygen atoms in total. The number of halogens is 1. The number of carbonyl (C=O) groups is 3. The van der Waals surface area contributed by atoms with Crippen LogP contribution in [0.15, 0.2) is 30.3 Å². The average Bonchev–Trinajstić information content (AvgIpc) is 3.18. The smallest absolute Gasteiger partial charge is 0.408 e. The zero-order valence-electron chi connectivity index (χ0n) is 20.0. The summed E-state index contributed by atoms with van der Waals surface area (Å²) in [5.74, 6) is -1.84. The lowest BCUT2D eigenvalue weighted by atomic mass is 9.97. The molecule has 1 heterocycles. The molecule has 1 aromatic rings. The van der Waals surface area contributed by atoms with Gasteiger partial charge in [-0.3, -0.25) is 14.1 Å². The van der Waals surface area contributed by atoms with Crippen molar-refractivity contribution in [2.24, 2.45) is 11.8 Å². The molecule has 3 amide bonds. The van der Waals surface area contributed by atoms with Crippen LogP contribution in [0.4, 0.5) is 4.79 Å². The van der Waals surface area contributed by atoms with E-state index in [1.54, 1.807) is 30.4 Å². The van der Waals surface area contributed by atoms with Crippen molar-refractivity contribution in [3.05, 3.63) is 40.9 Å². The molecule has 0 spiro atoms. The molecule has 0 bridgehead atoms. The first kappa shape index (κ1) is 29.6. The van der Waals surface area contributed by atoms with Gasteiger partial charge in [-0.2, -0.15) is 8.42 Å². The number of hydrogen-bond donors (Lipinski definition) is 5. The van der Waals surface area contributed by atoms with Gasteiger partial charge < -0.3 is 25.8 Å². The van der Waals surface area contributed by atoms with Crippen molar-refractivity contribution < 1.29 is 37.2 Å². The lowest BCUT2D eigenvalue weighted by Crippen LogP contribution is -2.55. The van der Waals surface area contributed by atoms with Gasteiger partial charge in [0.15, 0.2) is 0 Å². The van der Waals surface area contributed by atoms with E-state index in [0.29, 0.717) is 18.0 Å². The molecule has 36 heavy (non-hydrogen) atoms. The molecule has 0 aliphatic carbocycles. The maximum atomic E-state index is 13.0. The van der Waals surface area contributed by atoms with Crippen molar-refractivity contribution in [1.82, 2.24) is 16.0 Å². The van der Waals surface area contributed by atoms with E-state index in [0.717, 1.165) is 5.56 Å². The van der Waals surface area contributed by atoms with Gasteiger partial charge in [-0.05, 0) is 49.0 Å². The largest absolute Gasteiger partial charge is 0.445 e. The maximum absolute atomic E-state index is 13.0. The third kappa shape index (κ3) is 9.76. The number of aliphatic hydroxyl groups is 1. The molecule has 5 N–H and O–H groups in total. The highest BCUT2D eigenvalue weighted by Crippen LogP contribution is 2.20. The molecule has 1 aliphatic heterocycles. The molecule has 1 fully saturated rings. The molecular weight excluding hydrogens is 514 g/mol. The Hall–Kier alpha value is -2.67. The van der Waals surface area contributed by atoms with E-state index in [1.807, 2.05) is 19.9 Å². The SMILES string of the molecule is CC(C)C[C@H](NC(=O)OC/C=C/c1cccc(Cl)c1)C(=O)N[C@@H](C[C@@H]1CCNC1=O)C(O)S(=O)(=O)O. The second-order valence-corrected chi connectivity index (χ2v) is 10.9. The fourth-order valence-electron chi connectivity index (χ4n) is 3.72. The Morgan fingerprint density at radius 1 is 1.31 bits per heavy atom. The van der Waals surface area contributed by atoms with Gasteiger partial charge in [0.1, 0.15) is 12.6 Å². The third-order valence-electron chi connectivity index (χ3n) is 5.46. The molecule has 0 aromatic heterocycles. The summed E-state index contributed by atoms with van der Waals surface area (Å²) in [7, 11) is -4.94. The van der Waals surface area contributed by atoms with E-state index in [-0.39, 0.29) is 31.3 Å². The van der Waals surface area contributed by atoms with Crippen molar-refractivity contribution in [3.8, 4) is 0 Å². The predicted octanol–water partition coefficient (Wildman–Crippen LogP) is 1.71. The second kappa shape index (κ2) is 13.6. The van der Waals surface area contributed by atoms with E-state index >= 15 is 0 Å². The maximum Gasteiger partial charge on any atom is 0.408 e. The molecule has 200 valence electrons. The van der Waals surface area contributed by atoms with Crippen LogP contribution in [-0.4, -0.2) is 66.7 Å². The summed E-state index contributed by atoms with van der Waals surface area (Å²) in [4.78, 5) is 37.2. The lowest BCUT2D eigenvalue weighted by Gasteiger charge is -2.27. The third-order valence-corrected chi connectivity index (χ3v) is 6.64. The highest BCUT2D eigenvalue weighted by Gasteiger charge is 2.37. The van der Waals surface area contributed by atoms with Gasteiger partial charge in [0.05, 0.1) is 6.04 Å². The van der Waals surface area contributed by atoms with Crippen LogP contribution in [-0.2, 0) is 24.4 Å². The van der Waals surface area contributed by atoms with Crippen molar-refractivity contribution in [2.75, 3.05) is 13.2 Å². The van der Waals surface area contributed by atoms with Crippen molar-refractivity contribution in [3.63, 3.8) is 0 Å². The van der Waals surface area contributed by atoms with Gasteiger partial charge in [0.2, 0.25) is 17.3 Å². The Morgan fingerprint density at radius 3 is 2.61 bits per heavy atom. The summed E-state index contributed by atoms with van der Waals surface area (Å²) in [6.07, 6.45) is 2.76. The van der Waals surface area contributed by atoms with Crippen molar-refractivity contribution in [2.45, 2.75) is 50.6 Å². The zero-order valence-corrected chi connectivity index (χ0v) is 21.6. The van der Waals surface area contributed by atoms with E-state index < -0.39 is 45.6 Å². The number of amides is 3. The molecule has 0 radical (unpaired) electrons. The van der Waals surface area contributed by atoms with E-state index in [4.69, 9.17) is 16.3 Å². The Kier molecular flexibility index (Phi) is 11.2. The van der Waals surface area contributed by atoms with Crippen LogP contribution in [0, 0.1) is 11.8 Å². The minimum atomic E-state index is -4.94. The number of alkyl carbamates (subject to hydrolysis) is 1. The highest BCUT2D eigenvalue weighted by atomic mass is 35.5. The Bertz CT molecular complexity index is 1060. The summed E-state index contributed by atoms with van der Waals surface area (Å²) in [5, 5.41) is 18.1. The Labute approximate surface area is 215 Å². The molecular formula is C23H32ClN3O8S. The number of nitrogens with one attached hydrogen (secondary N) is 3. The molecule has 1 aliphatic rings. The summed E-state index contributed by atoms with van der Waals surface area (Å²) in [6, 6.07) is 4.45. The summed E-state index contributed by atoms with van der Waals surface area (Å²) in [6.45, 7) is 3.92. The lowest BCUT2D eigenvalue weighted by molar-refractivity contribution is -0.126. The van der Waals surface area contributed by atoms with Crippen LogP contribution in [0.1, 0.15) is 38.7 Å². The van der Waals surface area contributed by atoms with Crippen molar-refractivity contribution >= 4 is 45.7 Å². The fourth-order valence-corrected chi connectivity index (χ4v) is 4.51. The molecule has 1 saturated heterocycles. The van der Waals surface area contributed by atoms with E-state index in [2.05, 4.69) is 16.0 Å². The molecule has 13 heteroatoms. The quantitative estimate of drug-likeness (QED) is 0.247. The van der Waals surface area contributed by atoms with Crippen LogP contribution in [0.5, 0.6) is 0 Å². The Morgan fingerprint density at radius 2 is 2.03 bits per heavy atom. The van der Waals surface area contributed by atoms with Gasteiger partial charge in [0.25, 0.3) is 10.1 Å². The van der Waals surface area contributed by atoms with Gasteiger partial charge >= 0.3 is 6.09 Å². The first-order chi connectivity index (χ1) is 16.9. The number of hydrogen-bond acceptors (Lipinski definition) is 7. The molecule has 1 aromatic carbocycles. The van der Waals surface area contributed by atoms with Gasteiger partial charge in [-0.15, -0.1) is 0 Å². The van der Waals surface area contributed by atoms with Gasteiger partial charge in [-0.25, -0.2) is 4.79 Å². The minimum absolute atomic E-state index is 0.0469. The molecule has 1 unspecified atom stereocenters. The molecule has 2 rings (SSSR count). The number of carbonyl (C=O) groups excluding carboxylic acids is 3. The number of rotatable bonds is 12. The first-order valence-corrected chi connectivity index (χ1v) is 13.3. The van der Waals surface area contributed by atoms with E-state index in [9.17, 15) is 32.5 Å². The van der Waals surface area contributed by atoms with Crippen LogP contribution < -0.4 is 16.0 Å². The molecule has 0 saturated carbocycles. The minimum Gasteiger partial charge on any atom is -0.445 e. The van der Waals surface area contributed by atoms with Crippen LogP contribution in [0.3, 0.4) is 0 Å². The summed E-state index contributed by atoms with van der Waals surface area (Å²) >= 11 is 5.92. The van der Waals surface area contributed by atoms with Crippen LogP contribution in [0.25, 0.3) is 6.08 Å². The topological polar surface area (TPSA) is 171 Å². The fraction of sp³-hybridized carbons (Fsp3) is 0.522. The van der Waals surface area contributed by atoms with Crippen LogP contribution >= 0.6 is 11.6 Å². The summed E-state index contributed by atoms with van der Waals surface area (Å²) in [5.41, 5.74) is -1.54. The predicted molar refractivity (Wildman–Crippen MR) is 133 cm³/mol. The summed E-state index contributed by atoms with van der Waals surface area (Å²) < 4.78 is 37.5. The normalized spacial score (nSPS) is 18.5. The van der Waals surface area contributed by atoms with E-state index in [1.165, 1.54) is 0 Å². The number of benzene rings is 1. The molecule has 4 atom stereocenters. The average molecular weight is 546 g/mol. The number of ether oxygens (including phenoxy) is 1. The highest BCUT2D eigenvalue weighted by molar-refractivity contribution is 7.86. The van der Waals surface area contributed by atoms with Crippen LogP contribution in [0.2, 0.25) is 5.02 Å². The van der Waals surface area contributed by atoms with Gasteiger partial charge in [0, 0.05) is 17.5 Å².